The Bertz CT molecular complexity index is 115. The van der Waals surface area contributed by atoms with E-state index in [1.807, 2.05) is 36.4 Å². The Labute approximate surface area is 80.0 Å². The molecule has 0 aliphatic carbocycles. The summed E-state index contributed by atoms with van der Waals surface area (Å²) < 4.78 is 0. The van der Waals surface area contributed by atoms with Crippen molar-refractivity contribution in [3.05, 3.63) is 36.4 Å². The van der Waals surface area contributed by atoms with Crippen molar-refractivity contribution in [2.75, 3.05) is 0 Å². The SMILES string of the molecule is O=CO.[Cd].c1ccccc1. The van der Waals surface area contributed by atoms with E-state index in [4.69, 9.17) is 9.90 Å². The molecule has 0 aromatic heterocycles. The summed E-state index contributed by atoms with van der Waals surface area (Å²) in [6.45, 7) is -0.250. The quantitative estimate of drug-likeness (QED) is 0.546. The van der Waals surface area contributed by atoms with Crippen LogP contribution in [0, 0.1) is 0 Å². The summed E-state index contributed by atoms with van der Waals surface area (Å²) >= 11 is 0. The third-order valence-corrected chi connectivity index (χ3v) is 0.667. The van der Waals surface area contributed by atoms with E-state index in [-0.39, 0.29) is 33.8 Å². The van der Waals surface area contributed by atoms with Crippen molar-refractivity contribution in [1.29, 1.82) is 0 Å². The van der Waals surface area contributed by atoms with E-state index >= 15 is 0 Å². The molecule has 0 amide bonds. The van der Waals surface area contributed by atoms with Crippen LogP contribution in [0.3, 0.4) is 0 Å². The number of hydrogen-bond acceptors (Lipinski definition) is 1. The minimum atomic E-state index is -0.250. The van der Waals surface area contributed by atoms with Gasteiger partial charge in [-0.05, 0) is 0 Å². The summed E-state index contributed by atoms with van der Waals surface area (Å²) in [6.07, 6.45) is 0. The monoisotopic (exact) mass is 238 g/mol. The molecule has 0 aliphatic heterocycles. The molecule has 0 bridgehead atoms. The zero-order valence-electron chi connectivity index (χ0n) is 5.60. The molecule has 0 atom stereocenters. The first-order valence-electron chi connectivity index (χ1n) is 2.49. The molecule has 0 aliphatic rings. The molecule has 10 heavy (non-hydrogen) atoms. The fourth-order valence-electron chi connectivity index (χ4n) is 0.385. The third kappa shape index (κ3) is 10.6. The zero-order valence-corrected chi connectivity index (χ0v) is 9.64. The minimum absolute atomic E-state index is 0. The van der Waals surface area contributed by atoms with Crippen LogP contribution in [0.15, 0.2) is 36.4 Å². The Hall–Kier alpha value is -0.388. The molecule has 0 saturated carbocycles. The molecule has 0 radical (unpaired) electrons. The van der Waals surface area contributed by atoms with E-state index in [9.17, 15) is 0 Å². The molecular formula is C7H8CdO2. The van der Waals surface area contributed by atoms with Gasteiger partial charge in [0.25, 0.3) is 6.47 Å². The second-order valence-electron chi connectivity index (χ2n) is 1.26. The first-order chi connectivity index (χ1) is 4.41. The molecule has 1 rings (SSSR count). The summed E-state index contributed by atoms with van der Waals surface area (Å²) in [5.74, 6) is 0. The van der Waals surface area contributed by atoms with Crippen LogP contribution >= 0.6 is 0 Å². The molecule has 2 nitrogen and oxygen atoms in total. The molecule has 1 N–H and O–H groups in total. The van der Waals surface area contributed by atoms with Gasteiger partial charge in [0.2, 0.25) is 0 Å². The molecule has 0 heterocycles. The smallest absolute Gasteiger partial charge is 0.290 e. The zero-order chi connectivity index (χ0) is 6.95. The third-order valence-electron chi connectivity index (χ3n) is 0.667. The summed E-state index contributed by atoms with van der Waals surface area (Å²) in [7, 11) is 0. The summed E-state index contributed by atoms with van der Waals surface area (Å²) in [5.41, 5.74) is 0. The molecule has 50 valence electrons. The van der Waals surface area contributed by atoms with Gasteiger partial charge in [0.1, 0.15) is 0 Å². The fraction of sp³-hybridized carbons (Fsp3) is 0. The normalized spacial score (nSPS) is 6.00. The van der Waals surface area contributed by atoms with E-state index in [0.717, 1.165) is 0 Å². The van der Waals surface area contributed by atoms with E-state index in [1.165, 1.54) is 0 Å². The van der Waals surface area contributed by atoms with Gasteiger partial charge in [-0.15, -0.1) is 0 Å². The van der Waals surface area contributed by atoms with Crippen molar-refractivity contribution in [2.45, 2.75) is 0 Å². The van der Waals surface area contributed by atoms with Gasteiger partial charge in [0.15, 0.2) is 0 Å². The number of hydrogen-bond donors (Lipinski definition) is 1. The van der Waals surface area contributed by atoms with Gasteiger partial charge in [-0.25, -0.2) is 0 Å². The predicted octanol–water partition coefficient (Wildman–Crippen LogP) is 1.38. The largest absolute Gasteiger partial charge is 0.483 e. The second-order valence-corrected chi connectivity index (χ2v) is 1.26. The van der Waals surface area contributed by atoms with Gasteiger partial charge in [-0.3, -0.25) is 4.79 Å². The van der Waals surface area contributed by atoms with Gasteiger partial charge in [0.05, 0.1) is 0 Å². The van der Waals surface area contributed by atoms with Crippen LogP contribution in [0.25, 0.3) is 0 Å². The van der Waals surface area contributed by atoms with Crippen molar-refractivity contribution < 1.29 is 37.2 Å². The summed E-state index contributed by atoms with van der Waals surface area (Å²) in [4.78, 5) is 8.36. The topological polar surface area (TPSA) is 37.3 Å². The first kappa shape index (κ1) is 12.3. The predicted molar refractivity (Wildman–Crippen MR) is 35.1 cm³/mol. The Morgan fingerprint density at radius 3 is 1.10 bits per heavy atom. The van der Waals surface area contributed by atoms with Crippen LogP contribution in [0.5, 0.6) is 0 Å². The van der Waals surface area contributed by atoms with Crippen LogP contribution in [0.4, 0.5) is 0 Å². The summed E-state index contributed by atoms with van der Waals surface area (Å²) in [5, 5.41) is 6.89. The molecule has 1 aromatic rings. The van der Waals surface area contributed by atoms with E-state index < -0.39 is 0 Å². The number of carbonyl (C=O) groups is 1. The molecule has 0 fully saturated rings. The van der Waals surface area contributed by atoms with Gasteiger partial charge >= 0.3 is 0 Å². The molecular weight excluding hydrogens is 228 g/mol. The van der Waals surface area contributed by atoms with Gasteiger partial charge in [-0.1, -0.05) is 36.4 Å². The van der Waals surface area contributed by atoms with Crippen molar-refractivity contribution >= 4 is 6.47 Å². The maximum absolute atomic E-state index is 8.36. The molecule has 0 saturated heterocycles. The van der Waals surface area contributed by atoms with Crippen molar-refractivity contribution in [1.82, 2.24) is 0 Å². The van der Waals surface area contributed by atoms with Gasteiger partial charge < -0.3 is 5.11 Å². The van der Waals surface area contributed by atoms with Crippen molar-refractivity contribution in [3.8, 4) is 0 Å². The number of benzene rings is 1. The standard InChI is InChI=1S/C6H6.CH2O2.Cd/c1-2-4-6-5-3-1;2-1-3;/h1-6H;1H,(H,2,3);. The van der Waals surface area contributed by atoms with Crippen LogP contribution in [0.1, 0.15) is 0 Å². The molecule has 3 heteroatoms. The second kappa shape index (κ2) is 11.4. The molecule has 0 unspecified atom stereocenters. The van der Waals surface area contributed by atoms with Gasteiger partial charge in [0, 0.05) is 27.3 Å². The van der Waals surface area contributed by atoms with E-state index in [2.05, 4.69) is 0 Å². The van der Waals surface area contributed by atoms with Crippen LogP contribution < -0.4 is 0 Å². The first-order valence-corrected chi connectivity index (χ1v) is 2.49. The van der Waals surface area contributed by atoms with Gasteiger partial charge in [-0.2, -0.15) is 0 Å². The average Bonchev–Trinajstić information content (AvgIpc) is 1.93. The number of rotatable bonds is 0. The minimum Gasteiger partial charge on any atom is -0.483 e. The molecule has 1 aromatic carbocycles. The Kier molecular flexibility index (Phi) is 14.0. The van der Waals surface area contributed by atoms with Crippen molar-refractivity contribution in [2.24, 2.45) is 0 Å². The Morgan fingerprint density at radius 2 is 1.00 bits per heavy atom. The average molecular weight is 237 g/mol. The summed E-state index contributed by atoms with van der Waals surface area (Å²) in [6, 6.07) is 12.0. The maximum atomic E-state index is 8.36. The van der Waals surface area contributed by atoms with E-state index in [1.54, 1.807) is 0 Å². The fourth-order valence-corrected chi connectivity index (χ4v) is 0.385. The Morgan fingerprint density at radius 1 is 0.900 bits per heavy atom. The van der Waals surface area contributed by atoms with Crippen molar-refractivity contribution in [3.63, 3.8) is 0 Å². The van der Waals surface area contributed by atoms with Crippen LogP contribution in [-0.2, 0) is 32.1 Å². The maximum Gasteiger partial charge on any atom is 0.290 e. The molecule has 0 spiro atoms. The van der Waals surface area contributed by atoms with Crippen LogP contribution in [-0.4, -0.2) is 11.6 Å². The number of carboxylic acid groups (broad SMARTS) is 1. The van der Waals surface area contributed by atoms with Crippen LogP contribution in [0.2, 0.25) is 0 Å². The Balaban J connectivity index is 0. The van der Waals surface area contributed by atoms with E-state index in [0.29, 0.717) is 0 Å².